The van der Waals surface area contributed by atoms with Gasteiger partial charge in [-0.05, 0) is 201 Å². The van der Waals surface area contributed by atoms with Crippen LogP contribution < -0.4 is 18.9 Å². The molecule has 0 unspecified atom stereocenters. The van der Waals surface area contributed by atoms with Crippen molar-refractivity contribution in [2.75, 3.05) is 39.8 Å². The van der Waals surface area contributed by atoms with Crippen molar-refractivity contribution in [3.63, 3.8) is 0 Å². The first-order chi connectivity index (χ1) is 57.7. The molecule has 8 aromatic rings. The average molecular weight is 1680 g/mol. The number of alkyl halides is 2. The van der Waals surface area contributed by atoms with Gasteiger partial charge in [0, 0.05) is 70.5 Å². The number of carboxylic acids is 4. The van der Waals surface area contributed by atoms with E-state index in [0.717, 1.165) is 108 Å². The van der Waals surface area contributed by atoms with E-state index >= 15 is 0 Å². The first kappa shape index (κ1) is 102. The van der Waals surface area contributed by atoms with Gasteiger partial charge < -0.3 is 48.2 Å². The van der Waals surface area contributed by atoms with Crippen LogP contribution in [0.1, 0.15) is 290 Å². The Morgan fingerprint density at radius 3 is 0.984 bits per heavy atom. The fraction of sp³-hybridized carbons (Fsp3) is 0.402. The number of halogens is 2. The highest BCUT2D eigenvalue weighted by molar-refractivity contribution is 5.87. The first-order valence-corrected chi connectivity index (χ1v) is 42.8. The molecule has 14 nitrogen and oxygen atoms in total. The van der Waals surface area contributed by atoms with Crippen LogP contribution in [0.25, 0.3) is 69.2 Å². The van der Waals surface area contributed by atoms with E-state index in [-0.39, 0.29) is 34.2 Å². The standard InChI is InChI=1S/C29H37FO3.C29H38O3.C25H31FO4.C24H30O4/c1-20(17-26(31)32)13-14-21-11-8-9-12-23(21)24-18-22(28(2,3)4)19-25(29(5,6)7)27(24)33-16-10-15-30;1-9-16-32-27-24(18-22(28(3,4)5)19-25(27)29(6,7)8)23-13-11-10-12-21(23)15-14-20(2)17-26(30)31;1-16(2)20-14-21(17(3)4)25(29-11-6-10-26)22(15-20)24-19(9-12-30-24)8-7-18(5)13-23(27)28;1-7-27-24-20(16(4)5)13-19(15(2)3)14-21(24)23-18(10-11-28-23)9-8-17(6)12-22(25)26/h8-9,11-14,17-19H,10,15-16H2,1-7H3,(H,31,32);10-15,17-19H,9,16H2,1-8H3,(H,30,31);7-9,12-17H,6,10-11H2,1-5H3,(H,27,28);8-16H,7H2,1-6H3,(H,25,26)/b14-13+,20-17+;15-14+,20-17+;8-7+,18-13+;9-8+,17-12+. The smallest absolute Gasteiger partial charge is 0.328 e. The fourth-order valence-corrected chi connectivity index (χ4v) is 13.3. The Labute approximate surface area is 732 Å². The zero-order chi connectivity index (χ0) is 92.0. The molecule has 0 bridgehead atoms. The van der Waals surface area contributed by atoms with Gasteiger partial charge in [0.1, 0.15) is 34.5 Å². The number of benzene rings is 6. The molecule has 0 fully saturated rings. The maximum Gasteiger partial charge on any atom is 0.328 e. The molecule has 0 spiro atoms. The minimum Gasteiger partial charge on any atom is -0.493 e. The molecule has 16 heteroatoms. The summed E-state index contributed by atoms with van der Waals surface area (Å²) in [5.74, 6) is 2.02. The third kappa shape index (κ3) is 31.5. The van der Waals surface area contributed by atoms with Gasteiger partial charge in [-0.15, -0.1) is 0 Å². The van der Waals surface area contributed by atoms with Gasteiger partial charge in [-0.25, -0.2) is 19.2 Å². The van der Waals surface area contributed by atoms with Crippen LogP contribution in [0.3, 0.4) is 0 Å². The average Bonchev–Trinajstić information content (AvgIpc) is 1.54. The summed E-state index contributed by atoms with van der Waals surface area (Å²) in [7, 11) is 0. The number of hydrogen-bond donors (Lipinski definition) is 4. The predicted octanol–water partition coefficient (Wildman–Crippen LogP) is 29.1. The lowest BCUT2D eigenvalue weighted by atomic mass is 9.77. The molecule has 0 saturated carbocycles. The van der Waals surface area contributed by atoms with Crippen molar-refractivity contribution in [1.82, 2.24) is 0 Å². The molecule has 4 N–H and O–H groups in total. The van der Waals surface area contributed by atoms with Crippen molar-refractivity contribution in [2.24, 2.45) is 0 Å². The third-order valence-electron chi connectivity index (χ3n) is 20.1. The molecular weight excluding hydrogens is 1550 g/mol. The van der Waals surface area contributed by atoms with E-state index in [1.165, 1.54) is 46.0 Å². The van der Waals surface area contributed by atoms with Gasteiger partial charge in [0.15, 0.2) is 0 Å². The van der Waals surface area contributed by atoms with E-state index < -0.39 is 37.2 Å². The van der Waals surface area contributed by atoms with Gasteiger partial charge in [-0.3, -0.25) is 8.78 Å². The number of aliphatic carboxylic acids is 4. The Morgan fingerprint density at radius 2 is 0.691 bits per heavy atom. The molecule has 123 heavy (non-hydrogen) atoms. The summed E-state index contributed by atoms with van der Waals surface area (Å²) in [5.41, 5.74) is 21.2. The van der Waals surface area contributed by atoms with Crippen LogP contribution in [0, 0.1) is 0 Å². The summed E-state index contributed by atoms with van der Waals surface area (Å²) in [6.07, 6.45) is 24.4. The van der Waals surface area contributed by atoms with E-state index in [1.54, 1.807) is 58.4 Å². The predicted molar refractivity (Wildman–Crippen MR) is 504 cm³/mol. The van der Waals surface area contributed by atoms with E-state index in [2.05, 4.69) is 206 Å². The van der Waals surface area contributed by atoms with E-state index in [1.807, 2.05) is 85.8 Å². The number of hydrogen-bond acceptors (Lipinski definition) is 10. The zero-order valence-electron chi connectivity index (χ0n) is 77.8. The van der Waals surface area contributed by atoms with Crippen molar-refractivity contribution in [1.29, 1.82) is 0 Å². The maximum atomic E-state index is 12.9. The number of ether oxygens (including phenoxy) is 4. The monoisotopic (exact) mass is 1680 g/mol. The number of carboxylic acid groups (broad SMARTS) is 4. The molecule has 0 aliphatic carbocycles. The Balaban J connectivity index is 0.000000292. The van der Waals surface area contributed by atoms with Crippen LogP contribution in [0.2, 0.25) is 0 Å². The molecule has 662 valence electrons. The second-order valence-electron chi connectivity index (χ2n) is 36.3. The van der Waals surface area contributed by atoms with Gasteiger partial charge in [0.25, 0.3) is 0 Å². The molecule has 0 aliphatic heterocycles. The van der Waals surface area contributed by atoms with Crippen molar-refractivity contribution < 1.29 is 76.2 Å². The minimum atomic E-state index is -0.987. The Bertz CT molecular complexity index is 5120. The zero-order valence-corrected chi connectivity index (χ0v) is 77.8. The topological polar surface area (TPSA) is 212 Å². The largest absolute Gasteiger partial charge is 0.493 e. The van der Waals surface area contributed by atoms with Gasteiger partial charge in [-0.1, -0.05) is 267 Å². The summed E-state index contributed by atoms with van der Waals surface area (Å²) in [6.45, 7) is 55.7. The van der Waals surface area contributed by atoms with Crippen molar-refractivity contribution >= 4 is 48.2 Å². The Kier molecular flexibility index (Phi) is 39.4. The minimum absolute atomic E-state index is 0.0103. The lowest BCUT2D eigenvalue weighted by Gasteiger charge is -2.30. The molecule has 0 atom stereocenters. The Morgan fingerprint density at radius 1 is 0.374 bits per heavy atom. The van der Waals surface area contributed by atoms with Gasteiger partial charge in [0.05, 0.1) is 63.4 Å². The second-order valence-corrected chi connectivity index (χ2v) is 36.3. The number of rotatable bonds is 33. The van der Waals surface area contributed by atoms with Crippen LogP contribution >= 0.6 is 0 Å². The lowest BCUT2D eigenvalue weighted by molar-refractivity contribution is -0.132. The van der Waals surface area contributed by atoms with Gasteiger partial charge >= 0.3 is 23.9 Å². The molecule has 2 aromatic heterocycles. The molecule has 0 aliphatic rings. The molecule has 6 aromatic carbocycles. The summed E-state index contributed by atoms with van der Waals surface area (Å²) in [6, 6.07) is 37.5. The first-order valence-electron chi connectivity index (χ1n) is 42.8. The quantitative estimate of drug-likeness (QED) is 0.0171. The SMILES string of the molecule is CC(/C=C/c1ccccc1-c1cc(C(C)(C)C)cc(C(C)(C)C)c1OCCCF)=C\C(=O)O.CC(/C=C/c1ccoc1-c1cc(C(C)C)cc(C(C)C)c1OCCCF)=C\C(=O)O.CCCOc1c(-c2ccccc2/C=C/C(C)=C/C(=O)O)cc(C(C)(C)C)cc1C(C)(C)C.CCOc1c(-c2occc2/C=C/C(C)=C/C(=O)O)cc(C(C)C)cc1C(C)C. The summed E-state index contributed by atoms with van der Waals surface area (Å²) in [5, 5.41) is 35.8. The molecule has 0 amide bonds. The number of allylic oxidation sites excluding steroid dienone is 8. The highest BCUT2D eigenvalue weighted by Gasteiger charge is 2.31. The van der Waals surface area contributed by atoms with Crippen molar-refractivity contribution in [2.45, 2.75) is 245 Å². The van der Waals surface area contributed by atoms with Crippen LogP contribution in [0.5, 0.6) is 23.0 Å². The highest BCUT2D eigenvalue weighted by Crippen LogP contribution is 2.48. The highest BCUT2D eigenvalue weighted by atomic mass is 19.1. The fourth-order valence-electron chi connectivity index (χ4n) is 13.3. The van der Waals surface area contributed by atoms with Crippen LogP contribution in [-0.2, 0) is 40.8 Å². The molecule has 0 saturated heterocycles. The van der Waals surface area contributed by atoms with E-state index in [9.17, 15) is 28.0 Å². The number of furan rings is 2. The third-order valence-corrected chi connectivity index (χ3v) is 20.1. The molecular formula is C107H136F2O14. The second kappa shape index (κ2) is 47.4. The molecule has 2 heterocycles. The van der Waals surface area contributed by atoms with Gasteiger partial charge in [0.2, 0.25) is 0 Å². The molecule has 0 radical (unpaired) electrons. The van der Waals surface area contributed by atoms with Crippen LogP contribution in [-0.4, -0.2) is 84.1 Å². The summed E-state index contributed by atoms with van der Waals surface area (Å²) in [4.78, 5) is 43.7. The summed E-state index contributed by atoms with van der Waals surface area (Å²) >= 11 is 0. The van der Waals surface area contributed by atoms with Crippen molar-refractivity contribution in [3.8, 4) is 67.9 Å². The Hall–Kier alpha value is -11.3. The number of carbonyl (C=O) groups is 4. The normalized spacial score (nSPS) is 12.7. The molecule has 8 rings (SSSR count). The van der Waals surface area contributed by atoms with Crippen LogP contribution in [0.15, 0.2) is 201 Å². The lowest BCUT2D eigenvalue weighted by Crippen LogP contribution is -2.19. The van der Waals surface area contributed by atoms with Crippen LogP contribution in [0.4, 0.5) is 8.78 Å². The van der Waals surface area contributed by atoms with Gasteiger partial charge in [-0.2, -0.15) is 0 Å². The summed E-state index contributed by atoms with van der Waals surface area (Å²) < 4.78 is 62.0. The maximum absolute atomic E-state index is 12.9. The van der Waals surface area contributed by atoms with Crippen molar-refractivity contribution in [3.05, 3.63) is 259 Å². The van der Waals surface area contributed by atoms with E-state index in [4.69, 9.17) is 48.2 Å². The van der Waals surface area contributed by atoms with E-state index in [0.29, 0.717) is 84.2 Å².